The zero-order valence-corrected chi connectivity index (χ0v) is 16.3. The average Bonchev–Trinajstić information content (AvgIpc) is 2.67. The summed E-state index contributed by atoms with van der Waals surface area (Å²) in [6.07, 6.45) is 3.35. The van der Waals surface area contributed by atoms with Gasteiger partial charge < -0.3 is 14.6 Å². The fourth-order valence-electron chi connectivity index (χ4n) is 2.32. The Hall–Kier alpha value is -3.04. The summed E-state index contributed by atoms with van der Waals surface area (Å²) < 4.78 is 12.0. The molecule has 2 aromatic rings. The second-order valence-electron chi connectivity index (χ2n) is 5.41. The van der Waals surface area contributed by atoms with Crippen molar-refractivity contribution in [1.29, 1.82) is 5.26 Å². The van der Waals surface area contributed by atoms with E-state index in [1.165, 1.54) is 12.1 Å². The molecule has 27 heavy (non-hydrogen) atoms. The molecule has 0 saturated heterocycles. The Morgan fingerprint density at radius 2 is 1.85 bits per heavy atom. The maximum atomic E-state index is 11.0. The first-order chi connectivity index (χ1) is 13.0. The minimum atomic E-state index is -1.01. The Kier molecular flexibility index (Phi) is 7.21. The van der Waals surface area contributed by atoms with Gasteiger partial charge >= 0.3 is 5.97 Å². The Bertz CT molecular complexity index is 911. The van der Waals surface area contributed by atoms with E-state index in [9.17, 15) is 10.1 Å². The van der Waals surface area contributed by atoms with Gasteiger partial charge in [-0.25, -0.2) is 4.79 Å². The lowest BCUT2D eigenvalue weighted by Gasteiger charge is -2.13. The fraction of sp³-hybridized carbons (Fsp3) is 0.143. The highest BCUT2D eigenvalue weighted by Gasteiger charge is 2.11. The van der Waals surface area contributed by atoms with Crippen molar-refractivity contribution in [3.05, 3.63) is 70.2 Å². The van der Waals surface area contributed by atoms with E-state index in [0.29, 0.717) is 35.8 Å². The van der Waals surface area contributed by atoms with E-state index in [-0.39, 0.29) is 5.56 Å². The third kappa shape index (κ3) is 5.22. The highest BCUT2D eigenvalue weighted by molar-refractivity contribution is 9.10. The lowest BCUT2D eigenvalue weighted by atomic mass is 10.0. The molecule has 0 atom stereocenters. The quantitative estimate of drug-likeness (QED) is 0.356. The van der Waals surface area contributed by atoms with Crippen molar-refractivity contribution in [2.45, 2.75) is 6.92 Å². The van der Waals surface area contributed by atoms with Crippen molar-refractivity contribution < 1.29 is 19.4 Å². The molecule has 0 aliphatic rings. The SMILES string of the molecule is C=CCOc1cc(Br)c(C=C(C#N)c2ccc(C(=O)O)cc2)cc1OCC. The molecule has 0 amide bonds. The number of rotatable bonds is 8. The molecule has 0 fully saturated rings. The zero-order valence-electron chi connectivity index (χ0n) is 14.7. The Labute approximate surface area is 166 Å². The normalized spacial score (nSPS) is 10.8. The molecule has 1 N–H and O–H groups in total. The number of hydrogen-bond acceptors (Lipinski definition) is 4. The molecule has 0 spiro atoms. The molecule has 0 aromatic heterocycles. The first kappa shape index (κ1) is 20.3. The molecule has 0 bridgehead atoms. The van der Waals surface area contributed by atoms with Gasteiger partial charge in [-0.05, 0) is 48.4 Å². The zero-order chi connectivity index (χ0) is 19.8. The highest BCUT2D eigenvalue weighted by atomic mass is 79.9. The van der Waals surface area contributed by atoms with Crippen LogP contribution in [0.1, 0.15) is 28.4 Å². The molecule has 138 valence electrons. The van der Waals surface area contributed by atoms with Crippen molar-refractivity contribution in [3.8, 4) is 17.6 Å². The van der Waals surface area contributed by atoms with Crippen LogP contribution in [0.25, 0.3) is 11.6 Å². The van der Waals surface area contributed by atoms with Crippen LogP contribution < -0.4 is 9.47 Å². The number of hydrogen-bond donors (Lipinski definition) is 1. The van der Waals surface area contributed by atoms with Crippen LogP contribution in [0.3, 0.4) is 0 Å². The van der Waals surface area contributed by atoms with Gasteiger partial charge in [0, 0.05) is 4.47 Å². The third-order valence-corrected chi connectivity index (χ3v) is 4.27. The van der Waals surface area contributed by atoms with Crippen LogP contribution in [0.5, 0.6) is 11.5 Å². The van der Waals surface area contributed by atoms with Gasteiger partial charge in [0.1, 0.15) is 6.61 Å². The number of benzene rings is 2. The second-order valence-corrected chi connectivity index (χ2v) is 6.26. The van der Waals surface area contributed by atoms with Crippen LogP contribution in [0.15, 0.2) is 53.5 Å². The number of aromatic carboxylic acids is 1. The number of nitriles is 1. The number of carbonyl (C=O) groups is 1. The molecule has 0 saturated carbocycles. The van der Waals surface area contributed by atoms with Gasteiger partial charge in [0.25, 0.3) is 0 Å². The number of ether oxygens (including phenoxy) is 2. The number of nitrogens with zero attached hydrogens (tertiary/aromatic N) is 1. The van der Waals surface area contributed by atoms with Crippen molar-refractivity contribution in [3.63, 3.8) is 0 Å². The van der Waals surface area contributed by atoms with E-state index >= 15 is 0 Å². The molecule has 0 radical (unpaired) electrons. The van der Waals surface area contributed by atoms with Gasteiger partial charge in [-0.2, -0.15) is 5.26 Å². The smallest absolute Gasteiger partial charge is 0.335 e. The minimum Gasteiger partial charge on any atom is -0.490 e. The minimum absolute atomic E-state index is 0.166. The van der Waals surface area contributed by atoms with E-state index in [1.54, 1.807) is 36.4 Å². The summed E-state index contributed by atoms with van der Waals surface area (Å²) in [4.78, 5) is 11.0. The molecule has 0 aliphatic carbocycles. The average molecular weight is 428 g/mol. The van der Waals surface area contributed by atoms with Crippen LogP contribution in [0, 0.1) is 11.3 Å². The number of carboxylic acids is 1. The monoisotopic (exact) mass is 427 g/mol. The van der Waals surface area contributed by atoms with E-state index < -0.39 is 5.97 Å². The summed E-state index contributed by atoms with van der Waals surface area (Å²) in [7, 11) is 0. The van der Waals surface area contributed by atoms with Crippen LogP contribution in [0.4, 0.5) is 0 Å². The van der Waals surface area contributed by atoms with E-state index in [0.717, 1.165) is 10.0 Å². The van der Waals surface area contributed by atoms with Crippen LogP contribution >= 0.6 is 15.9 Å². The third-order valence-electron chi connectivity index (χ3n) is 3.58. The highest BCUT2D eigenvalue weighted by Crippen LogP contribution is 2.35. The van der Waals surface area contributed by atoms with Gasteiger partial charge in [0.2, 0.25) is 0 Å². The lowest BCUT2D eigenvalue weighted by Crippen LogP contribution is -2.00. The van der Waals surface area contributed by atoms with Crippen LogP contribution in [-0.4, -0.2) is 24.3 Å². The molecule has 5 nitrogen and oxygen atoms in total. The molecule has 0 aliphatic heterocycles. The Morgan fingerprint density at radius 3 is 2.41 bits per heavy atom. The van der Waals surface area contributed by atoms with Crippen LogP contribution in [-0.2, 0) is 0 Å². The molecule has 2 rings (SSSR count). The predicted octanol–water partition coefficient (Wildman–Crippen LogP) is 5.17. The molecular formula is C21H18BrNO4. The topological polar surface area (TPSA) is 79.5 Å². The first-order valence-electron chi connectivity index (χ1n) is 8.15. The van der Waals surface area contributed by atoms with Gasteiger partial charge in [0.05, 0.1) is 23.8 Å². The maximum absolute atomic E-state index is 11.0. The summed E-state index contributed by atoms with van der Waals surface area (Å²) in [5.74, 6) is 0.126. The first-order valence-corrected chi connectivity index (χ1v) is 8.95. The van der Waals surface area contributed by atoms with Gasteiger partial charge in [-0.1, -0.05) is 40.7 Å². The summed E-state index contributed by atoms with van der Waals surface area (Å²) in [5, 5.41) is 18.5. The maximum Gasteiger partial charge on any atom is 0.335 e. The van der Waals surface area contributed by atoms with Crippen molar-refractivity contribution in [2.75, 3.05) is 13.2 Å². The Morgan fingerprint density at radius 1 is 1.22 bits per heavy atom. The molecule has 6 heteroatoms. The molecule has 0 unspecified atom stereocenters. The summed E-state index contributed by atoms with van der Waals surface area (Å²) in [6, 6.07) is 11.9. The van der Waals surface area contributed by atoms with E-state index in [4.69, 9.17) is 14.6 Å². The van der Waals surface area contributed by atoms with E-state index in [1.807, 2.05) is 6.92 Å². The summed E-state index contributed by atoms with van der Waals surface area (Å²) in [5.41, 5.74) is 1.93. The summed E-state index contributed by atoms with van der Waals surface area (Å²) >= 11 is 3.49. The number of allylic oxidation sites excluding steroid dienone is 1. The van der Waals surface area contributed by atoms with Crippen molar-refractivity contribution in [2.24, 2.45) is 0 Å². The molecule has 2 aromatic carbocycles. The van der Waals surface area contributed by atoms with Gasteiger partial charge in [-0.15, -0.1) is 0 Å². The number of carboxylic acid groups (broad SMARTS) is 1. The van der Waals surface area contributed by atoms with Crippen molar-refractivity contribution >= 4 is 33.5 Å². The number of halogens is 1. The Balaban J connectivity index is 2.45. The van der Waals surface area contributed by atoms with Crippen molar-refractivity contribution in [1.82, 2.24) is 0 Å². The molecule has 0 heterocycles. The standard InChI is InChI=1S/C21H18BrNO4/c1-3-9-27-20-12-18(22)16(11-19(20)26-4-2)10-17(13-23)14-5-7-15(8-6-14)21(24)25/h3,5-8,10-12H,1,4,9H2,2H3,(H,24,25). The predicted molar refractivity (Wildman–Crippen MR) is 108 cm³/mol. The second kappa shape index (κ2) is 9.60. The van der Waals surface area contributed by atoms with Gasteiger partial charge in [0.15, 0.2) is 11.5 Å². The van der Waals surface area contributed by atoms with E-state index in [2.05, 4.69) is 28.6 Å². The summed E-state index contributed by atoms with van der Waals surface area (Å²) in [6.45, 7) is 6.32. The van der Waals surface area contributed by atoms with Crippen LogP contribution in [0.2, 0.25) is 0 Å². The largest absolute Gasteiger partial charge is 0.490 e. The molecular weight excluding hydrogens is 410 g/mol. The lowest BCUT2D eigenvalue weighted by molar-refractivity contribution is 0.0697. The fourth-order valence-corrected chi connectivity index (χ4v) is 2.76. The van der Waals surface area contributed by atoms with Gasteiger partial charge in [-0.3, -0.25) is 0 Å².